The molecule has 1 unspecified atom stereocenters. The van der Waals surface area contributed by atoms with Crippen LogP contribution in [0.3, 0.4) is 0 Å². The van der Waals surface area contributed by atoms with E-state index in [-0.39, 0.29) is 17.6 Å². The standard InChI is InChI=1S/C9H17NO2/c1-7-5-12-8(11)10(7)6-9(2,3)4/h7H,5-6H2,1-4H3. The zero-order chi connectivity index (χ0) is 9.35. The number of hydrogen-bond donors (Lipinski definition) is 0. The van der Waals surface area contributed by atoms with Crippen molar-refractivity contribution >= 4 is 6.09 Å². The number of carbonyl (C=O) groups is 1. The van der Waals surface area contributed by atoms with Crippen molar-refractivity contribution in [1.82, 2.24) is 4.90 Å². The molecule has 1 atom stereocenters. The Kier molecular flexibility index (Phi) is 2.31. The average Bonchev–Trinajstić information content (AvgIpc) is 2.16. The van der Waals surface area contributed by atoms with E-state index in [1.807, 2.05) is 6.92 Å². The highest BCUT2D eigenvalue weighted by atomic mass is 16.6. The zero-order valence-electron chi connectivity index (χ0n) is 8.26. The summed E-state index contributed by atoms with van der Waals surface area (Å²) >= 11 is 0. The SMILES string of the molecule is CC1COC(=O)N1CC(C)(C)C. The molecule has 1 rings (SSSR count). The van der Waals surface area contributed by atoms with Crippen molar-refractivity contribution in [2.45, 2.75) is 33.7 Å². The van der Waals surface area contributed by atoms with E-state index in [2.05, 4.69) is 20.8 Å². The third-order valence-electron chi connectivity index (χ3n) is 1.86. The van der Waals surface area contributed by atoms with Gasteiger partial charge in [0.1, 0.15) is 6.61 Å². The van der Waals surface area contributed by atoms with E-state index in [1.54, 1.807) is 4.90 Å². The van der Waals surface area contributed by atoms with Crippen molar-refractivity contribution in [1.29, 1.82) is 0 Å². The molecule has 0 aromatic heterocycles. The maximum atomic E-state index is 11.2. The summed E-state index contributed by atoms with van der Waals surface area (Å²) in [6.07, 6.45) is -0.169. The smallest absolute Gasteiger partial charge is 0.410 e. The molecule has 3 nitrogen and oxygen atoms in total. The Morgan fingerprint density at radius 2 is 2.17 bits per heavy atom. The Hall–Kier alpha value is -0.730. The highest BCUT2D eigenvalue weighted by molar-refractivity contribution is 5.70. The van der Waals surface area contributed by atoms with Crippen LogP contribution < -0.4 is 0 Å². The summed E-state index contributed by atoms with van der Waals surface area (Å²) in [6.45, 7) is 9.67. The summed E-state index contributed by atoms with van der Waals surface area (Å²) in [5.74, 6) is 0. The third-order valence-corrected chi connectivity index (χ3v) is 1.86. The van der Waals surface area contributed by atoms with Crippen molar-refractivity contribution in [3.63, 3.8) is 0 Å². The molecule has 70 valence electrons. The van der Waals surface area contributed by atoms with Crippen LogP contribution in [-0.2, 0) is 4.74 Å². The summed E-state index contributed by atoms with van der Waals surface area (Å²) in [4.78, 5) is 13.0. The molecule has 1 saturated heterocycles. The number of nitrogens with zero attached hydrogens (tertiary/aromatic N) is 1. The molecule has 1 aliphatic rings. The molecule has 0 radical (unpaired) electrons. The van der Waals surface area contributed by atoms with Gasteiger partial charge in [0, 0.05) is 6.54 Å². The van der Waals surface area contributed by atoms with Crippen molar-refractivity contribution in [2.75, 3.05) is 13.2 Å². The van der Waals surface area contributed by atoms with E-state index in [4.69, 9.17) is 4.74 Å². The van der Waals surface area contributed by atoms with Crippen LogP contribution in [0.1, 0.15) is 27.7 Å². The van der Waals surface area contributed by atoms with Crippen molar-refractivity contribution in [2.24, 2.45) is 5.41 Å². The minimum Gasteiger partial charge on any atom is -0.447 e. The lowest BCUT2D eigenvalue weighted by Gasteiger charge is -2.27. The highest BCUT2D eigenvalue weighted by Crippen LogP contribution is 2.20. The number of hydrogen-bond acceptors (Lipinski definition) is 2. The van der Waals surface area contributed by atoms with Crippen LogP contribution in [-0.4, -0.2) is 30.2 Å². The summed E-state index contributed by atoms with van der Waals surface area (Å²) in [7, 11) is 0. The first kappa shape index (κ1) is 9.36. The van der Waals surface area contributed by atoms with Gasteiger partial charge in [-0.3, -0.25) is 0 Å². The van der Waals surface area contributed by atoms with Crippen LogP contribution >= 0.6 is 0 Å². The average molecular weight is 171 g/mol. The lowest BCUT2D eigenvalue weighted by Crippen LogP contribution is -2.38. The largest absolute Gasteiger partial charge is 0.447 e. The Morgan fingerprint density at radius 3 is 2.50 bits per heavy atom. The molecular formula is C9H17NO2. The molecule has 0 bridgehead atoms. The predicted molar refractivity (Wildman–Crippen MR) is 47.0 cm³/mol. The van der Waals surface area contributed by atoms with Gasteiger partial charge < -0.3 is 9.64 Å². The fourth-order valence-corrected chi connectivity index (χ4v) is 1.28. The van der Waals surface area contributed by atoms with E-state index in [0.29, 0.717) is 6.61 Å². The van der Waals surface area contributed by atoms with E-state index >= 15 is 0 Å². The summed E-state index contributed by atoms with van der Waals surface area (Å²) < 4.78 is 4.91. The highest BCUT2D eigenvalue weighted by Gasteiger charge is 2.32. The van der Waals surface area contributed by atoms with Crippen LogP contribution in [0, 0.1) is 5.41 Å². The maximum absolute atomic E-state index is 11.2. The number of ether oxygens (including phenoxy) is 1. The van der Waals surface area contributed by atoms with Crippen molar-refractivity contribution in [3.8, 4) is 0 Å². The quantitative estimate of drug-likeness (QED) is 0.602. The second kappa shape index (κ2) is 2.96. The van der Waals surface area contributed by atoms with Gasteiger partial charge in [0.2, 0.25) is 0 Å². The van der Waals surface area contributed by atoms with E-state index in [9.17, 15) is 4.79 Å². The van der Waals surface area contributed by atoms with Gasteiger partial charge in [-0.15, -0.1) is 0 Å². The minimum atomic E-state index is -0.169. The van der Waals surface area contributed by atoms with Gasteiger partial charge in [0.15, 0.2) is 0 Å². The second-order valence-electron chi connectivity index (χ2n) is 4.61. The Balaban J connectivity index is 2.56. The Bertz CT molecular complexity index is 183. The molecular weight excluding hydrogens is 154 g/mol. The van der Waals surface area contributed by atoms with Crippen LogP contribution in [0.2, 0.25) is 0 Å². The topological polar surface area (TPSA) is 29.5 Å². The molecule has 1 fully saturated rings. The maximum Gasteiger partial charge on any atom is 0.410 e. The van der Waals surface area contributed by atoms with E-state index in [0.717, 1.165) is 6.54 Å². The Labute approximate surface area is 73.7 Å². The molecule has 0 spiro atoms. The fraction of sp³-hybridized carbons (Fsp3) is 0.889. The number of amides is 1. The minimum absolute atomic E-state index is 0.150. The van der Waals surface area contributed by atoms with Gasteiger partial charge in [-0.2, -0.15) is 0 Å². The van der Waals surface area contributed by atoms with Gasteiger partial charge >= 0.3 is 6.09 Å². The van der Waals surface area contributed by atoms with Crippen LogP contribution in [0.15, 0.2) is 0 Å². The molecule has 0 aromatic carbocycles. The molecule has 0 saturated carbocycles. The molecule has 0 N–H and O–H groups in total. The first-order valence-corrected chi connectivity index (χ1v) is 4.33. The van der Waals surface area contributed by atoms with Gasteiger partial charge in [-0.05, 0) is 12.3 Å². The molecule has 1 aliphatic heterocycles. The normalized spacial score (nSPS) is 24.5. The molecule has 3 heteroatoms. The van der Waals surface area contributed by atoms with Gasteiger partial charge in [0.25, 0.3) is 0 Å². The second-order valence-corrected chi connectivity index (χ2v) is 4.61. The van der Waals surface area contributed by atoms with Crippen molar-refractivity contribution in [3.05, 3.63) is 0 Å². The van der Waals surface area contributed by atoms with Gasteiger partial charge in [0.05, 0.1) is 6.04 Å². The predicted octanol–water partition coefficient (Wildman–Crippen LogP) is 1.87. The molecule has 12 heavy (non-hydrogen) atoms. The van der Waals surface area contributed by atoms with Crippen LogP contribution in [0.5, 0.6) is 0 Å². The third kappa shape index (κ3) is 2.13. The molecule has 1 amide bonds. The van der Waals surface area contributed by atoms with Crippen LogP contribution in [0.4, 0.5) is 4.79 Å². The van der Waals surface area contributed by atoms with Crippen molar-refractivity contribution < 1.29 is 9.53 Å². The lowest BCUT2D eigenvalue weighted by atomic mass is 9.96. The lowest BCUT2D eigenvalue weighted by molar-refractivity contribution is 0.145. The van der Waals surface area contributed by atoms with E-state index in [1.165, 1.54) is 0 Å². The molecule has 0 aromatic rings. The monoisotopic (exact) mass is 171 g/mol. The molecule has 1 heterocycles. The zero-order valence-corrected chi connectivity index (χ0v) is 8.26. The first-order chi connectivity index (χ1) is 5.40. The summed E-state index contributed by atoms with van der Waals surface area (Å²) in [5, 5.41) is 0. The van der Waals surface area contributed by atoms with Gasteiger partial charge in [-0.1, -0.05) is 20.8 Å². The number of carbonyl (C=O) groups excluding carboxylic acids is 1. The van der Waals surface area contributed by atoms with Gasteiger partial charge in [-0.25, -0.2) is 4.79 Å². The summed E-state index contributed by atoms with van der Waals surface area (Å²) in [6, 6.07) is 0.233. The van der Waals surface area contributed by atoms with E-state index < -0.39 is 0 Å². The van der Waals surface area contributed by atoms with Crippen LogP contribution in [0.25, 0.3) is 0 Å². The summed E-state index contributed by atoms with van der Waals surface area (Å²) in [5.41, 5.74) is 0.150. The number of rotatable bonds is 1. The molecule has 0 aliphatic carbocycles. The fourth-order valence-electron chi connectivity index (χ4n) is 1.28. The Morgan fingerprint density at radius 1 is 1.58 bits per heavy atom. The first-order valence-electron chi connectivity index (χ1n) is 4.33. The number of cyclic esters (lactones) is 1.